The zero-order valence-electron chi connectivity index (χ0n) is 11.6. The van der Waals surface area contributed by atoms with E-state index in [0.717, 1.165) is 35.8 Å². The SMILES string of the molecule is CCCC(=O)N1CCS[C@H]1c1ccc2c(c1)OCCO2. The molecule has 0 aromatic heterocycles. The highest BCUT2D eigenvalue weighted by Crippen LogP contribution is 2.41. The number of thioether (sulfide) groups is 1. The van der Waals surface area contributed by atoms with Crippen LogP contribution in [0.1, 0.15) is 30.7 Å². The Morgan fingerprint density at radius 2 is 2.15 bits per heavy atom. The van der Waals surface area contributed by atoms with Crippen LogP contribution in [0.15, 0.2) is 18.2 Å². The van der Waals surface area contributed by atoms with E-state index in [9.17, 15) is 4.79 Å². The van der Waals surface area contributed by atoms with Gasteiger partial charge in [0.2, 0.25) is 5.91 Å². The number of rotatable bonds is 3. The molecule has 2 aliphatic heterocycles. The molecule has 0 unspecified atom stereocenters. The van der Waals surface area contributed by atoms with Crippen molar-refractivity contribution in [2.24, 2.45) is 0 Å². The van der Waals surface area contributed by atoms with Crippen LogP contribution in [-0.2, 0) is 4.79 Å². The maximum absolute atomic E-state index is 12.2. The van der Waals surface area contributed by atoms with Gasteiger partial charge < -0.3 is 14.4 Å². The van der Waals surface area contributed by atoms with Crippen molar-refractivity contribution < 1.29 is 14.3 Å². The number of fused-ring (bicyclic) bond motifs is 1. The summed E-state index contributed by atoms with van der Waals surface area (Å²) >= 11 is 1.82. The summed E-state index contributed by atoms with van der Waals surface area (Å²) in [6, 6.07) is 6.01. The molecule has 0 radical (unpaired) electrons. The zero-order valence-corrected chi connectivity index (χ0v) is 12.4. The molecule has 0 N–H and O–H groups in total. The van der Waals surface area contributed by atoms with Crippen molar-refractivity contribution in [3.8, 4) is 11.5 Å². The average molecular weight is 293 g/mol. The second kappa shape index (κ2) is 5.95. The second-order valence-electron chi connectivity index (χ2n) is 4.96. The van der Waals surface area contributed by atoms with E-state index in [4.69, 9.17) is 9.47 Å². The van der Waals surface area contributed by atoms with Crippen molar-refractivity contribution in [1.82, 2.24) is 4.90 Å². The quantitative estimate of drug-likeness (QED) is 0.859. The lowest BCUT2D eigenvalue weighted by atomic mass is 10.1. The molecule has 0 aliphatic carbocycles. The van der Waals surface area contributed by atoms with E-state index in [-0.39, 0.29) is 11.3 Å². The van der Waals surface area contributed by atoms with Gasteiger partial charge in [-0.05, 0) is 24.1 Å². The number of ether oxygens (including phenoxy) is 2. The van der Waals surface area contributed by atoms with Crippen molar-refractivity contribution in [1.29, 1.82) is 0 Å². The number of carbonyl (C=O) groups excluding carboxylic acids is 1. The van der Waals surface area contributed by atoms with Gasteiger partial charge in [0.15, 0.2) is 11.5 Å². The summed E-state index contributed by atoms with van der Waals surface area (Å²) < 4.78 is 11.2. The van der Waals surface area contributed by atoms with E-state index in [2.05, 4.69) is 0 Å². The molecule has 3 rings (SSSR count). The fourth-order valence-corrected chi connectivity index (χ4v) is 3.84. The summed E-state index contributed by atoms with van der Waals surface area (Å²) in [6.45, 7) is 4.07. The van der Waals surface area contributed by atoms with Gasteiger partial charge in [-0.25, -0.2) is 0 Å². The van der Waals surface area contributed by atoms with Crippen LogP contribution in [0.3, 0.4) is 0 Å². The Balaban J connectivity index is 1.82. The van der Waals surface area contributed by atoms with Gasteiger partial charge in [-0.2, -0.15) is 0 Å². The highest BCUT2D eigenvalue weighted by Gasteiger charge is 2.30. The second-order valence-corrected chi connectivity index (χ2v) is 6.15. The number of carbonyl (C=O) groups is 1. The van der Waals surface area contributed by atoms with Gasteiger partial charge >= 0.3 is 0 Å². The molecule has 5 heteroatoms. The minimum absolute atomic E-state index is 0.116. The molecule has 20 heavy (non-hydrogen) atoms. The third kappa shape index (κ3) is 2.59. The molecule has 1 aromatic rings. The third-order valence-corrected chi connectivity index (χ3v) is 4.79. The monoisotopic (exact) mass is 293 g/mol. The van der Waals surface area contributed by atoms with Crippen LogP contribution >= 0.6 is 11.8 Å². The minimum Gasteiger partial charge on any atom is -0.486 e. The zero-order chi connectivity index (χ0) is 13.9. The Bertz CT molecular complexity index is 506. The molecule has 1 amide bonds. The first-order valence-corrected chi connectivity index (χ1v) is 8.15. The summed E-state index contributed by atoms with van der Waals surface area (Å²) in [5.41, 5.74) is 1.13. The van der Waals surface area contributed by atoms with Gasteiger partial charge in [0.05, 0.1) is 0 Å². The first kappa shape index (κ1) is 13.6. The Hall–Kier alpha value is -1.36. The maximum Gasteiger partial charge on any atom is 0.223 e. The van der Waals surface area contributed by atoms with Gasteiger partial charge in [0, 0.05) is 18.7 Å². The summed E-state index contributed by atoms with van der Waals surface area (Å²) in [4.78, 5) is 14.2. The number of benzene rings is 1. The fourth-order valence-electron chi connectivity index (χ4n) is 2.57. The lowest BCUT2D eigenvalue weighted by molar-refractivity contribution is -0.131. The van der Waals surface area contributed by atoms with Crippen molar-refractivity contribution in [3.63, 3.8) is 0 Å². The van der Waals surface area contributed by atoms with Crippen LogP contribution in [0.5, 0.6) is 11.5 Å². The average Bonchev–Trinajstić information content (AvgIpc) is 2.96. The molecule has 0 bridgehead atoms. The molecule has 1 aromatic carbocycles. The van der Waals surface area contributed by atoms with Crippen molar-refractivity contribution in [2.45, 2.75) is 25.1 Å². The van der Waals surface area contributed by atoms with E-state index in [0.29, 0.717) is 19.6 Å². The van der Waals surface area contributed by atoms with Crippen LogP contribution in [-0.4, -0.2) is 36.3 Å². The third-order valence-electron chi connectivity index (χ3n) is 3.53. The largest absolute Gasteiger partial charge is 0.486 e. The number of nitrogens with zero attached hydrogens (tertiary/aromatic N) is 1. The molecule has 1 atom stereocenters. The topological polar surface area (TPSA) is 38.8 Å². The minimum atomic E-state index is 0.116. The standard InChI is InChI=1S/C15H19NO3S/c1-2-3-14(17)16-6-9-20-15(16)11-4-5-12-13(10-11)19-8-7-18-12/h4-5,10,15H,2-3,6-9H2,1H3/t15-/m0/s1. The molecule has 4 nitrogen and oxygen atoms in total. The first-order valence-electron chi connectivity index (χ1n) is 7.10. The Morgan fingerprint density at radius 3 is 2.95 bits per heavy atom. The molecular weight excluding hydrogens is 274 g/mol. The van der Waals surface area contributed by atoms with Crippen LogP contribution in [0, 0.1) is 0 Å². The van der Waals surface area contributed by atoms with Crippen LogP contribution in [0.4, 0.5) is 0 Å². The molecule has 0 spiro atoms. The number of hydrogen-bond acceptors (Lipinski definition) is 4. The predicted molar refractivity (Wildman–Crippen MR) is 79.3 cm³/mol. The van der Waals surface area contributed by atoms with Gasteiger partial charge in [0.25, 0.3) is 0 Å². The van der Waals surface area contributed by atoms with Gasteiger partial charge in [-0.15, -0.1) is 11.8 Å². The summed E-state index contributed by atoms with van der Waals surface area (Å²) in [6.07, 6.45) is 1.52. The van der Waals surface area contributed by atoms with Gasteiger partial charge in [0.1, 0.15) is 18.6 Å². The first-order chi connectivity index (χ1) is 9.79. The molecule has 2 aliphatic rings. The molecular formula is C15H19NO3S. The normalized spacial score (nSPS) is 21.1. The van der Waals surface area contributed by atoms with Crippen molar-refractivity contribution in [2.75, 3.05) is 25.5 Å². The molecule has 0 saturated carbocycles. The lowest BCUT2D eigenvalue weighted by Gasteiger charge is -2.26. The van der Waals surface area contributed by atoms with Crippen LogP contribution in [0.2, 0.25) is 0 Å². The van der Waals surface area contributed by atoms with Crippen LogP contribution in [0.25, 0.3) is 0 Å². The van der Waals surface area contributed by atoms with Crippen LogP contribution < -0.4 is 9.47 Å². The molecule has 1 fully saturated rings. The summed E-state index contributed by atoms with van der Waals surface area (Å²) in [7, 11) is 0. The molecule has 2 heterocycles. The van der Waals surface area contributed by atoms with E-state index < -0.39 is 0 Å². The highest BCUT2D eigenvalue weighted by atomic mass is 32.2. The van der Waals surface area contributed by atoms with E-state index in [1.807, 2.05) is 41.8 Å². The van der Waals surface area contributed by atoms with Crippen molar-refractivity contribution in [3.05, 3.63) is 23.8 Å². The number of hydrogen-bond donors (Lipinski definition) is 0. The molecule has 108 valence electrons. The predicted octanol–water partition coefficient (Wildman–Crippen LogP) is 2.83. The van der Waals surface area contributed by atoms with Crippen molar-refractivity contribution >= 4 is 17.7 Å². The molecule has 1 saturated heterocycles. The van der Waals surface area contributed by atoms with E-state index >= 15 is 0 Å². The van der Waals surface area contributed by atoms with Gasteiger partial charge in [-0.1, -0.05) is 13.0 Å². The smallest absolute Gasteiger partial charge is 0.223 e. The van der Waals surface area contributed by atoms with E-state index in [1.165, 1.54) is 0 Å². The van der Waals surface area contributed by atoms with Gasteiger partial charge in [-0.3, -0.25) is 4.79 Å². The Labute approximate surface area is 123 Å². The summed E-state index contributed by atoms with van der Waals surface area (Å²) in [5.74, 6) is 2.84. The Kier molecular flexibility index (Phi) is 4.05. The maximum atomic E-state index is 12.2. The summed E-state index contributed by atoms with van der Waals surface area (Å²) in [5, 5.41) is 0.116. The fraction of sp³-hybridized carbons (Fsp3) is 0.533. The Morgan fingerprint density at radius 1 is 1.35 bits per heavy atom. The highest BCUT2D eigenvalue weighted by molar-refractivity contribution is 7.99. The van der Waals surface area contributed by atoms with E-state index in [1.54, 1.807) is 0 Å². The lowest BCUT2D eigenvalue weighted by Crippen LogP contribution is -2.30. The number of amides is 1.